The summed E-state index contributed by atoms with van der Waals surface area (Å²) in [5, 5.41) is 8.37. The van der Waals surface area contributed by atoms with Crippen molar-refractivity contribution in [1.29, 1.82) is 0 Å². The number of piperidine rings is 1. The van der Waals surface area contributed by atoms with Gasteiger partial charge in [-0.1, -0.05) is 0 Å². The highest BCUT2D eigenvalue weighted by Crippen LogP contribution is 2.36. The second-order valence-corrected chi connectivity index (χ2v) is 10.3. The molecule has 2 saturated heterocycles. The maximum Gasteiger partial charge on any atom is 0.498 e. The first-order valence-electron chi connectivity index (χ1n) is 9.31. The van der Waals surface area contributed by atoms with E-state index in [2.05, 4.69) is 9.97 Å². The van der Waals surface area contributed by atoms with E-state index in [1.807, 2.05) is 32.6 Å². The zero-order chi connectivity index (χ0) is 19.9. The number of likely N-dealkylation sites (tertiary alicyclic amines) is 1. The Morgan fingerprint density at radius 2 is 1.81 bits per heavy atom. The van der Waals surface area contributed by atoms with Crippen LogP contribution in [0.4, 0.5) is 0 Å². The van der Waals surface area contributed by atoms with Crippen molar-refractivity contribution in [1.82, 2.24) is 14.9 Å². The summed E-state index contributed by atoms with van der Waals surface area (Å²) in [5.74, 6) is 0. The van der Waals surface area contributed by atoms with E-state index >= 15 is 0 Å². The summed E-state index contributed by atoms with van der Waals surface area (Å²) in [5.41, 5.74) is -0.375. The number of nitrogens with zero attached hydrogens (tertiary/aromatic N) is 3. The van der Waals surface area contributed by atoms with Crippen LogP contribution in [0.25, 0.3) is 0 Å². The van der Waals surface area contributed by atoms with Gasteiger partial charge in [-0.3, -0.25) is 4.90 Å². The van der Waals surface area contributed by atoms with Crippen LogP contribution in [0.15, 0.2) is 17.6 Å². The molecule has 1 atom stereocenters. The molecule has 2 aliphatic heterocycles. The third kappa shape index (κ3) is 4.05. The largest absolute Gasteiger partial charge is 0.498 e. The fourth-order valence-corrected chi connectivity index (χ4v) is 4.92. The molecular formula is C17H28BN3O5S. The fraction of sp³-hybridized carbons (Fsp3) is 0.765. The number of hydrogen-bond donors (Lipinski definition) is 1. The van der Waals surface area contributed by atoms with Crippen molar-refractivity contribution in [2.45, 2.75) is 62.1 Å². The average Bonchev–Trinajstić information content (AvgIpc) is 2.83. The zero-order valence-corrected chi connectivity index (χ0v) is 17.2. The van der Waals surface area contributed by atoms with Gasteiger partial charge in [0.15, 0.2) is 0 Å². The van der Waals surface area contributed by atoms with Gasteiger partial charge >= 0.3 is 7.12 Å². The van der Waals surface area contributed by atoms with Gasteiger partial charge in [0, 0.05) is 30.9 Å². The van der Waals surface area contributed by atoms with E-state index < -0.39 is 33.4 Å². The van der Waals surface area contributed by atoms with Crippen molar-refractivity contribution in [2.24, 2.45) is 0 Å². The van der Waals surface area contributed by atoms with E-state index in [-0.39, 0.29) is 11.8 Å². The number of rotatable bonds is 5. The van der Waals surface area contributed by atoms with Crippen LogP contribution in [0.1, 0.15) is 40.5 Å². The summed E-state index contributed by atoms with van der Waals surface area (Å²) in [4.78, 5) is 10.2. The van der Waals surface area contributed by atoms with Crippen LogP contribution < -0.4 is 5.46 Å². The van der Waals surface area contributed by atoms with Gasteiger partial charge in [-0.2, -0.15) is 0 Å². The number of β-amino-alcohol motifs (C(OH)–C–C–N with tert-alkyl or cyclic N) is 1. The van der Waals surface area contributed by atoms with Crippen LogP contribution >= 0.6 is 0 Å². The normalized spacial score (nSPS) is 25.7. The SMILES string of the molecule is CC1(C)OB(c2cnc(S(=O)(=O)C3CCCN(CCO)C3)nc2)OC1(C)C. The van der Waals surface area contributed by atoms with Crippen LogP contribution in [0.3, 0.4) is 0 Å². The van der Waals surface area contributed by atoms with Crippen LogP contribution in [0.5, 0.6) is 0 Å². The van der Waals surface area contributed by atoms with E-state index in [0.717, 1.165) is 13.0 Å². The molecule has 3 heterocycles. The van der Waals surface area contributed by atoms with E-state index in [4.69, 9.17) is 14.4 Å². The molecule has 10 heteroatoms. The van der Waals surface area contributed by atoms with Gasteiger partial charge in [0.05, 0.1) is 23.1 Å². The summed E-state index contributed by atoms with van der Waals surface area (Å²) < 4.78 is 37.7. The first-order chi connectivity index (χ1) is 12.6. The van der Waals surface area contributed by atoms with Gasteiger partial charge < -0.3 is 14.4 Å². The minimum Gasteiger partial charge on any atom is -0.399 e. The predicted octanol–water partition coefficient (Wildman–Crippen LogP) is 0.00620. The topological polar surface area (TPSA) is 102 Å². The molecule has 0 bridgehead atoms. The highest BCUT2D eigenvalue weighted by Gasteiger charge is 2.52. The van der Waals surface area contributed by atoms with Crippen molar-refractivity contribution >= 4 is 22.4 Å². The van der Waals surface area contributed by atoms with Crippen molar-refractivity contribution in [3.8, 4) is 0 Å². The Morgan fingerprint density at radius 1 is 1.22 bits per heavy atom. The van der Waals surface area contributed by atoms with E-state index in [1.54, 1.807) is 0 Å². The molecule has 0 aliphatic carbocycles. The molecule has 1 N–H and O–H groups in total. The van der Waals surface area contributed by atoms with Gasteiger partial charge in [-0.15, -0.1) is 0 Å². The summed E-state index contributed by atoms with van der Waals surface area (Å²) in [6.45, 7) is 9.50. The molecule has 3 rings (SSSR count). The standard InChI is InChI=1S/C17H28BN3O5S/c1-16(2)17(3,4)26-18(25-16)13-10-19-15(20-11-13)27(23,24)14-6-5-7-21(12-14)8-9-22/h10-11,14,22H,5-9,12H2,1-4H3. The Labute approximate surface area is 161 Å². The lowest BCUT2D eigenvalue weighted by Crippen LogP contribution is -2.44. The highest BCUT2D eigenvalue weighted by molar-refractivity contribution is 7.91. The van der Waals surface area contributed by atoms with Crippen molar-refractivity contribution < 1.29 is 22.8 Å². The number of aliphatic hydroxyl groups excluding tert-OH is 1. The van der Waals surface area contributed by atoms with E-state index in [9.17, 15) is 8.42 Å². The molecule has 2 aliphatic rings. The molecule has 8 nitrogen and oxygen atoms in total. The lowest BCUT2D eigenvalue weighted by Gasteiger charge is -2.32. The predicted molar refractivity (Wildman–Crippen MR) is 101 cm³/mol. The first kappa shape index (κ1) is 20.7. The fourth-order valence-electron chi connectivity index (χ4n) is 3.33. The number of sulfone groups is 1. The quantitative estimate of drug-likeness (QED) is 0.548. The molecule has 2 fully saturated rings. The summed E-state index contributed by atoms with van der Waals surface area (Å²) in [6.07, 6.45) is 4.29. The molecule has 0 spiro atoms. The zero-order valence-electron chi connectivity index (χ0n) is 16.4. The number of hydrogen-bond acceptors (Lipinski definition) is 8. The second kappa shape index (κ2) is 7.40. The maximum atomic E-state index is 12.9. The molecule has 1 aromatic heterocycles. The lowest BCUT2D eigenvalue weighted by molar-refractivity contribution is 0.00578. The summed E-state index contributed by atoms with van der Waals surface area (Å²) >= 11 is 0. The molecule has 0 amide bonds. The van der Waals surface area contributed by atoms with Crippen molar-refractivity contribution in [3.63, 3.8) is 0 Å². The Kier molecular flexibility index (Phi) is 5.66. The van der Waals surface area contributed by atoms with Gasteiger partial charge in [0.2, 0.25) is 15.0 Å². The minimum absolute atomic E-state index is 0.0199. The third-order valence-electron chi connectivity index (χ3n) is 5.75. The summed E-state index contributed by atoms with van der Waals surface area (Å²) in [6, 6.07) is 0. The van der Waals surface area contributed by atoms with Gasteiger partial charge in [-0.05, 0) is 47.1 Å². The maximum absolute atomic E-state index is 12.9. The van der Waals surface area contributed by atoms with Gasteiger partial charge in [0.25, 0.3) is 0 Å². The monoisotopic (exact) mass is 397 g/mol. The number of aromatic nitrogens is 2. The Hall–Kier alpha value is -1.07. The van der Waals surface area contributed by atoms with Gasteiger partial charge in [-0.25, -0.2) is 18.4 Å². The molecule has 0 aromatic carbocycles. The van der Waals surface area contributed by atoms with E-state index in [1.165, 1.54) is 12.4 Å². The molecule has 0 saturated carbocycles. The van der Waals surface area contributed by atoms with Gasteiger partial charge in [0.1, 0.15) is 0 Å². The third-order valence-corrected chi connectivity index (χ3v) is 7.73. The van der Waals surface area contributed by atoms with E-state index in [0.29, 0.717) is 25.0 Å². The minimum atomic E-state index is -3.63. The molecule has 150 valence electrons. The molecule has 27 heavy (non-hydrogen) atoms. The van der Waals surface area contributed by atoms with Crippen LogP contribution in [0, 0.1) is 0 Å². The summed E-state index contributed by atoms with van der Waals surface area (Å²) in [7, 11) is -4.25. The highest BCUT2D eigenvalue weighted by atomic mass is 32.2. The molecular weight excluding hydrogens is 369 g/mol. The Balaban J connectivity index is 1.75. The Bertz CT molecular complexity index is 751. The van der Waals surface area contributed by atoms with Crippen LogP contribution in [-0.2, 0) is 19.1 Å². The molecule has 1 unspecified atom stereocenters. The van der Waals surface area contributed by atoms with Crippen LogP contribution in [-0.4, -0.2) is 78.2 Å². The smallest absolute Gasteiger partial charge is 0.399 e. The molecule has 1 aromatic rings. The molecule has 0 radical (unpaired) electrons. The lowest BCUT2D eigenvalue weighted by atomic mass is 9.81. The van der Waals surface area contributed by atoms with Crippen molar-refractivity contribution in [3.05, 3.63) is 12.4 Å². The number of aliphatic hydroxyl groups is 1. The second-order valence-electron chi connectivity index (χ2n) is 8.22. The Morgan fingerprint density at radius 3 is 2.37 bits per heavy atom. The van der Waals surface area contributed by atoms with Crippen molar-refractivity contribution in [2.75, 3.05) is 26.2 Å². The first-order valence-corrected chi connectivity index (χ1v) is 10.9. The van der Waals surface area contributed by atoms with Crippen LogP contribution in [0.2, 0.25) is 0 Å². The average molecular weight is 397 g/mol.